The quantitative estimate of drug-likeness (QED) is 0.773. The average Bonchev–Trinajstić information content (AvgIpc) is 2.28. The summed E-state index contributed by atoms with van der Waals surface area (Å²) in [4.78, 5) is 11.7. The van der Waals surface area contributed by atoms with Gasteiger partial charge in [-0.1, -0.05) is 23.7 Å². The van der Waals surface area contributed by atoms with E-state index in [9.17, 15) is 9.90 Å². The molecule has 0 aliphatic heterocycles. The highest BCUT2D eigenvalue weighted by atomic mass is 35.5. The van der Waals surface area contributed by atoms with Crippen molar-refractivity contribution in [1.29, 1.82) is 0 Å². The first-order valence-electron chi connectivity index (χ1n) is 5.26. The first-order valence-corrected chi connectivity index (χ1v) is 5.64. The molecule has 5 heteroatoms. The second-order valence-corrected chi connectivity index (χ2v) is 4.08. The Labute approximate surface area is 109 Å². The molecule has 0 aromatic heterocycles. The van der Waals surface area contributed by atoms with Gasteiger partial charge in [0.25, 0.3) is 0 Å². The molecule has 4 nitrogen and oxygen atoms in total. The number of hydrogen-bond acceptors (Lipinski definition) is 2. The van der Waals surface area contributed by atoms with Gasteiger partial charge in [-0.2, -0.15) is 0 Å². The van der Waals surface area contributed by atoms with Crippen molar-refractivity contribution < 1.29 is 9.90 Å². The number of phenols is 1. The number of aromatic hydroxyl groups is 1. The number of nitrogens with one attached hydrogen (secondary N) is 2. The van der Waals surface area contributed by atoms with Gasteiger partial charge in [-0.15, -0.1) is 0 Å². The zero-order valence-corrected chi connectivity index (χ0v) is 10.1. The molecule has 0 unspecified atom stereocenters. The summed E-state index contributed by atoms with van der Waals surface area (Å²) in [5, 5.41) is 15.0. The molecule has 92 valence electrons. The summed E-state index contributed by atoms with van der Waals surface area (Å²) in [7, 11) is 0. The van der Waals surface area contributed by atoms with Crippen molar-refractivity contribution >= 4 is 29.0 Å². The van der Waals surface area contributed by atoms with Crippen LogP contribution in [0.2, 0.25) is 5.02 Å². The van der Waals surface area contributed by atoms with Crippen molar-refractivity contribution in [2.75, 3.05) is 10.6 Å². The van der Waals surface area contributed by atoms with Crippen LogP contribution in [0.5, 0.6) is 5.75 Å². The number of halogens is 1. The minimum atomic E-state index is -0.400. The number of carbonyl (C=O) groups is 1. The molecule has 2 amide bonds. The number of phenolic OH excluding ortho intramolecular Hbond substituents is 1. The summed E-state index contributed by atoms with van der Waals surface area (Å²) in [5.41, 5.74) is 1.11. The molecule has 18 heavy (non-hydrogen) atoms. The molecule has 0 fully saturated rings. The maximum Gasteiger partial charge on any atom is 0.323 e. The zero-order chi connectivity index (χ0) is 13.0. The Bertz CT molecular complexity index is 523. The van der Waals surface area contributed by atoms with E-state index in [0.29, 0.717) is 16.4 Å². The van der Waals surface area contributed by atoms with Gasteiger partial charge in [-0.3, -0.25) is 0 Å². The number of amides is 2. The fraction of sp³-hybridized carbons (Fsp3) is 0. The van der Waals surface area contributed by atoms with E-state index in [2.05, 4.69) is 10.6 Å². The molecule has 0 radical (unpaired) electrons. The lowest BCUT2D eigenvalue weighted by Crippen LogP contribution is -2.19. The molecule has 2 aromatic carbocycles. The third-order valence-corrected chi connectivity index (χ3v) is 2.42. The number of rotatable bonds is 2. The van der Waals surface area contributed by atoms with Crippen LogP contribution in [0.4, 0.5) is 16.2 Å². The van der Waals surface area contributed by atoms with Crippen molar-refractivity contribution in [1.82, 2.24) is 0 Å². The van der Waals surface area contributed by atoms with Crippen LogP contribution in [0.1, 0.15) is 0 Å². The van der Waals surface area contributed by atoms with E-state index >= 15 is 0 Å². The predicted octanol–water partition coefficient (Wildman–Crippen LogP) is 3.69. The molecule has 0 aliphatic carbocycles. The predicted molar refractivity (Wildman–Crippen MR) is 72.2 cm³/mol. The van der Waals surface area contributed by atoms with Gasteiger partial charge in [0.2, 0.25) is 0 Å². The van der Waals surface area contributed by atoms with E-state index in [1.807, 2.05) is 0 Å². The SMILES string of the molecule is O=C(Nc1cccc(O)c1)Nc1cccc(Cl)c1. The Kier molecular flexibility index (Phi) is 3.69. The maximum atomic E-state index is 11.7. The van der Waals surface area contributed by atoms with Crippen molar-refractivity contribution in [2.24, 2.45) is 0 Å². The molecule has 2 aromatic rings. The summed E-state index contributed by atoms with van der Waals surface area (Å²) >= 11 is 5.80. The Morgan fingerprint density at radius 1 is 1.00 bits per heavy atom. The number of carbonyl (C=O) groups excluding carboxylic acids is 1. The second-order valence-electron chi connectivity index (χ2n) is 3.64. The fourth-order valence-corrected chi connectivity index (χ4v) is 1.63. The summed E-state index contributed by atoms with van der Waals surface area (Å²) in [5.74, 6) is 0.0931. The number of hydrogen-bond donors (Lipinski definition) is 3. The van der Waals surface area contributed by atoms with Crippen molar-refractivity contribution in [3.63, 3.8) is 0 Å². The van der Waals surface area contributed by atoms with Crippen molar-refractivity contribution in [3.8, 4) is 5.75 Å². The smallest absolute Gasteiger partial charge is 0.323 e. The molecule has 0 atom stereocenters. The molecule has 2 rings (SSSR count). The molecule has 0 saturated carbocycles. The molecular formula is C13H11ClN2O2. The molecule has 0 heterocycles. The molecular weight excluding hydrogens is 252 g/mol. The third-order valence-electron chi connectivity index (χ3n) is 2.19. The topological polar surface area (TPSA) is 61.4 Å². The molecule has 3 N–H and O–H groups in total. The lowest BCUT2D eigenvalue weighted by atomic mass is 10.3. The molecule has 0 bridgehead atoms. The van der Waals surface area contributed by atoms with Gasteiger partial charge in [0, 0.05) is 22.5 Å². The van der Waals surface area contributed by atoms with Crippen molar-refractivity contribution in [3.05, 3.63) is 53.6 Å². The lowest BCUT2D eigenvalue weighted by molar-refractivity contribution is 0.262. The van der Waals surface area contributed by atoms with Gasteiger partial charge >= 0.3 is 6.03 Å². The van der Waals surface area contributed by atoms with Gasteiger partial charge in [0.15, 0.2) is 0 Å². The monoisotopic (exact) mass is 262 g/mol. The Balaban J connectivity index is 2.01. The summed E-state index contributed by atoms with van der Waals surface area (Å²) in [6.45, 7) is 0. The standard InChI is InChI=1S/C13H11ClN2O2/c14-9-3-1-4-10(7-9)15-13(18)16-11-5-2-6-12(17)8-11/h1-8,17H,(H2,15,16,18). The summed E-state index contributed by atoms with van der Waals surface area (Å²) in [6.07, 6.45) is 0. The molecule has 0 aliphatic rings. The highest BCUT2D eigenvalue weighted by Crippen LogP contribution is 2.17. The van der Waals surface area contributed by atoms with E-state index in [1.165, 1.54) is 12.1 Å². The van der Waals surface area contributed by atoms with Gasteiger partial charge in [0.05, 0.1) is 0 Å². The van der Waals surface area contributed by atoms with Crippen LogP contribution in [0.15, 0.2) is 48.5 Å². The van der Waals surface area contributed by atoms with E-state index in [-0.39, 0.29) is 5.75 Å². The van der Waals surface area contributed by atoms with E-state index in [4.69, 9.17) is 11.6 Å². The van der Waals surface area contributed by atoms with Gasteiger partial charge < -0.3 is 15.7 Å². The number of benzene rings is 2. The zero-order valence-electron chi connectivity index (χ0n) is 9.35. The number of anilines is 2. The van der Waals surface area contributed by atoms with Crippen LogP contribution in [0, 0.1) is 0 Å². The molecule has 0 spiro atoms. The van der Waals surface area contributed by atoms with E-state index in [0.717, 1.165) is 0 Å². The van der Waals surface area contributed by atoms with Gasteiger partial charge in [-0.05, 0) is 30.3 Å². The largest absolute Gasteiger partial charge is 0.508 e. The lowest BCUT2D eigenvalue weighted by Gasteiger charge is -2.08. The highest BCUT2D eigenvalue weighted by molar-refractivity contribution is 6.30. The number of urea groups is 1. The maximum absolute atomic E-state index is 11.7. The van der Waals surface area contributed by atoms with Crippen LogP contribution < -0.4 is 10.6 Å². The van der Waals surface area contributed by atoms with Crippen LogP contribution in [-0.2, 0) is 0 Å². The minimum Gasteiger partial charge on any atom is -0.508 e. The van der Waals surface area contributed by atoms with Crippen LogP contribution in [0.25, 0.3) is 0 Å². The third kappa shape index (κ3) is 3.40. The Morgan fingerprint density at radius 3 is 2.22 bits per heavy atom. The van der Waals surface area contributed by atoms with E-state index in [1.54, 1.807) is 36.4 Å². The Morgan fingerprint density at radius 2 is 1.61 bits per heavy atom. The molecule has 0 saturated heterocycles. The highest BCUT2D eigenvalue weighted by Gasteiger charge is 2.03. The van der Waals surface area contributed by atoms with Crippen LogP contribution in [0.3, 0.4) is 0 Å². The van der Waals surface area contributed by atoms with Gasteiger partial charge in [0.1, 0.15) is 5.75 Å². The van der Waals surface area contributed by atoms with Gasteiger partial charge in [-0.25, -0.2) is 4.79 Å². The average molecular weight is 263 g/mol. The normalized spacial score (nSPS) is 9.83. The summed E-state index contributed by atoms with van der Waals surface area (Å²) in [6, 6.07) is 12.7. The first kappa shape index (κ1) is 12.3. The van der Waals surface area contributed by atoms with Crippen molar-refractivity contribution in [2.45, 2.75) is 0 Å². The Hall–Kier alpha value is -2.20. The van der Waals surface area contributed by atoms with E-state index < -0.39 is 6.03 Å². The second kappa shape index (κ2) is 5.42. The fourth-order valence-electron chi connectivity index (χ4n) is 1.44. The first-order chi connectivity index (χ1) is 8.63. The summed E-state index contributed by atoms with van der Waals surface area (Å²) < 4.78 is 0. The van der Waals surface area contributed by atoms with Crippen LogP contribution in [-0.4, -0.2) is 11.1 Å². The minimum absolute atomic E-state index is 0.0931. The van der Waals surface area contributed by atoms with Crippen LogP contribution >= 0.6 is 11.6 Å².